The Morgan fingerprint density at radius 2 is 2.00 bits per heavy atom. The lowest BCUT2D eigenvalue weighted by Crippen LogP contribution is -2.50. The highest BCUT2D eigenvalue weighted by Crippen LogP contribution is 2.20. The van der Waals surface area contributed by atoms with Crippen LogP contribution in [-0.4, -0.2) is 43.7 Å². The molecule has 21 heavy (non-hydrogen) atoms. The van der Waals surface area contributed by atoms with Crippen molar-refractivity contribution in [1.29, 1.82) is 0 Å². The molecular weight excluding hydrogens is 284 g/mol. The molecule has 1 heterocycles. The summed E-state index contributed by atoms with van der Waals surface area (Å²) in [7, 11) is 0. The highest BCUT2D eigenvalue weighted by atomic mass is 35.5. The average Bonchev–Trinajstić information content (AvgIpc) is 2.49. The first kappa shape index (κ1) is 16.1. The van der Waals surface area contributed by atoms with Crippen molar-refractivity contribution < 1.29 is 4.74 Å². The van der Waals surface area contributed by atoms with Gasteiger partial charge in [-0.2, -0.15) is 0 Å². The fraction of sp³-hybridized carbons (Fsp3) is 0.412. The van der Waals surface area contributed by atoms with Gasteiger partial charge in [0, 0.05) is 32.2 Å². The Morgan fingerprint density at radius 3 is 2.81 bits per heavy atom. The molecule has 1 aliphatic rings. The van der Waals surface area contributed by atoms with Gasteiger partial charge in [0.15, 0.2) is 0 Å². The minimum absolute atomic E-state index is 0. The molecule has 0 bridgehead atoms. The van der Waals surface area contributed by atoms with Crippen LogP contribution in [-0.2, 0) is 0 Å². The summed E-state index contributed by atoms with van der Waals surface area (Å²) < 4.78 is 5.90. The van der Waals surface area contributed by atoms with E-state index in [2.05, 4.69) is 59.6 Å². The Hall–Kier alpha value is -1.29. The number of benzene rings is 2. The van der Waals surface area contributed by atoms with Crippen molar-refractivity contribution >= 4 is 23.2 Å². The van der Waals surface area contributed by atoms with E-state index in [1.54, 1.807) is 0 Å². The Morgan fingerprint density at radius 1 is 1.19 bits per heavy atom. The zero-order chi connectivity index (χ0) is 13.8. The van der Waals surface area contributed by atoms with Gasteiger partial charge in [0.05, 0.1) is 0 Å². The van der Waals surface area contributed by atoms with Crippen LogP contribution in [0.4, 0.5) is 0 Å². The maximum absolute atomic E-state index is 5.90. The SMILES string of the molecule is C[C@H]1CNCCN1CCOc1ccc2ccccc2c1.Cl. The van der Waals surface area contributed by atoms with Crippen molar-refractivity contribution in [3.05, 3.63) is 42.5 Å². The molecule has 0 unspecified atom stereocenters. The molecule has 0 amide bonds. The second-order valence-corrected chi connectivity index (χ2v) is 5.45. The van der Waals surface area contributed by atoms with E-state index in [1.165, 1.54) is 10.8 Å². The molecule has 3 rings (SSSR count). The van der Waals surface area contributed by atoms with Crippen molar-refractivity contribution in [2.24, 2.45) is 0 Å². The standard InChI is InChI=1S/C17H22N2O.ClH/c1-14-13-18-8-9-19(14)10-11-20-17-7-6-15-4-2-3-5-16(15)12-17;/h2-7,12,14,18H,8-11,13H2,1H3;1H/t14-;/m0./s1. The van der Waals surface area contributed by atoms with Gasteiger partial charge < -0.3 is 10.1 Å². The molecule has 1 saturated heterocycles. The van der Waals surface area contributed by atoms with Crippen LogP contribution in [0.1, 0.15) is 6.92 Å². The number of halogens is 1. The molecule has 1 N–H and O–H groups in total. The lowest BCUT2D eigenvalue weighted by atomic mass is 10.1. The predicted molar refractivity (Wildman–Crippen MR) is 90.6 cm³/mol. The Kier molecular flexibility index (Phi) is 5.85. The summed E-state index contributed by atoms with van der Waals surface area (Å²) in [5.74, 6) is 0.964. The molecule has 3 nitrogen and oxygen atoms in total. The first-order valence-corrected chi connectivity index (χ1v) is 7.39. The Bertz CT molecular complexity index is 575. The second-order valence-electron chi connectivity index (χ2n) is 5.45. The minimum Gasteiger partial charge on any atom is -0.492 e. The van der Waals surface area contributed by atoms with Crippen LogP contribution >= 0.6 is 12.4 Å². The number of fused-ring (bicyclic) bond motifs is 1. The molecule has 1 fully saturated rings. The average molecular weight is 307 g/mol. The van der Waals surface area contributed by atoms with Crippen molar-refractivity contribution in [3.8, 4) is 5.75 Å². The summed E-state index contributed by atoms with van der Waals surface area (Å²) in [6.45, 7) is 7.29. The number of nitrogens with one attached hydrogen (secondary N) is 1. The molecule has 114 valence electrons. The van der Waals surface area contributed by atoms with Crippen molar-refractivity contribution in [1.82, 2.24) is 10.2 Å². The summed E-state index contributed by atoms with van der Waals surface area (Å²) >= 11 is 0. The predicted octanol–water partition coefficient (Wildman–Crippen LogP) is 2.93. The minimum atomic E-state index is 0. The topological polar surface area (TPSA) is 24.5 Å². The highest BCUT2D eigenvalue weighted by molar-refractivity contribution is 5.85. The van der Waals surface area contributed by atoms with Gasteiger partial charge in [-0.25, -0.2) is 0 Å². The summed E-state index contributed by atoms with van der Waals surface area (Å²) in [4.78, 5) is 2.48. The zero-order valence-electron chi connectivity index (χ0n) is 12.4. The van der Waals surface area contributed by atoms with E-state index in [4.69, 9.17) is 4.74 Å². The van der Waals surface area contributed by atoms with Crippen LogP contribution in [0, 0.1) is 0 Å². The van der Waals surface area contributed by atoms with E-state index in [-0.39, 0.29) is 12.4 Å². The molecule has 0 saturated carbocycles. The van der Waals surface area contributed by atoms with Crippen LogP contribution in [0.2, 0.25) is 0 Å². The fourth-order valence-corrected chi connectivity index (χ4v) is 2.75. The first-order valence-electron chi connectivity index (χ1n) is 7.39. The van der Waals surface area contributed by atoms with E-state index in [0.29, 0.717) is 6.04 Å². The van der Waals surface area contributed by atoms with Gasteiger partial charge >= 0.3 is 0 Å². The maximum atomic E-state index is 5.90. The molecule has 0 radical (unpaired) electrons. The van der Waals surface area contributed by atoms with Crippen LogP contribution in [0.15, 0.2) is 42.5 Å². The molecular formula is C17H23ClN2O. The zero-order valence-corrected chi connectivity index (χ0v) is 13.2. The smallest absolute Gasteiger partial charge is 0.120 e. The quantitative estimate of drug-likeness (QED) is 0.940. The monoisotopic (exact) mass is 306 g/mol. The molecule has 2 aromatic rings. The normalized spacial score (nSPS) is 19.2. The molecule has 0 aliphatic carbocycles. The fourth-order valence-electron chi connectivity index (χ4n) is 2.75. The molecule has 1 aliphatic heterocycles. The van der Waals surface area contributed by atoms with Gasteiger partial charge in [0.25, 0.3) is 0 Å². The number of piperazine rings is 1. The van der Waals surface area contributed by atoms with E-state index in [0.717, 1.165) is 38.5 Å². The van der Waals surface area contributed by atoms with Gasteiger partial charge in [-0.05, 0) is 29.8 Å². The molecule has 0 spiro atoms. The lowest BCUT2D eigenvalue weighted by molar-refractivity contribution is 0.143. The van der Waals surface area contributed by atoms with Crippen molar-refractivity contribution in [2.75, 3.05) is 32.8 Å². The summed E-state index contributed by atoms with van der Waals surface area (Å²) in [6.07, 6.45) is 0. The molecule has 1 atom stereocenters. The summed E-state index contributed by atoms with van der Waals surface area (Å²) in [5.41, 5.74) is 0. The Labute approximate surface area is 132 Å². The highest BCUT2D eigenvalue weighted by Gasteiger charge is 2.17. The van der Waals surface area contributed by atoms with E-state index < -0.39 is 0 Å². The van der Waals surface area contributed by atoms with E-state index >= 15 is 0 Å². The van der Waals surface area contributed by atoms with Gasteiger partial charge in [-0.1, -0.05) is 30.3 Å². The summed E-state index contributed by atoms with van der Waals surface area (Å²) in [6, 6.07) is 15.3. The molecule has 0 aromatic heterocycles. The van der Waals surface area contributed by atoms with Crippen LogP contribution in [0.25, 0.3) is 10.8 Å². The second kappa shape index (κ2) is 7.64. The third kappa shape index (κ3) is 4.10. The van der Waals surface area contributed by atoms with E-state index in [1.807, 2.05) is 0 Å². The van der Waals surface area contributed by atoms with Crippen molar-refractivity contribution in [2.45, 2.75) is 13.0 Å². The van der Waals surface area contributed by atoms with Crippen LogP contribution in [0.5, 0.6) is 5.75 Å². The van der Waals surface area contributed by atoms with Crippen LogP contribution < -0.4 is 10.1 Å². The largest absolute Gasteiger partial charge is 0.492 e. The van der Waals surface area contributed by atoms with Crippen molar-refractivity contribution in [3.63, 3.8) is 0 Å². The molecule has 4 heteroatoms. The maximum Gasteiger partial charge on any atom is 0.120 e. The number of hydrogen-bond donors (Lipinski definition) is 1. The third-order valence-electron chi connectivity index (χ3n) is 4.01. The lowest BCUT2D eigenvalue weighted by Gasteiger charge is -2.33. The number of ether oxygens (including phenoxy) is 1. The van der Waals surface area contributed by atoms with Gasteiger partial charge in [0.1, 0.15) is 12.4 Å². The summed E-state index contributed by atoms with van der Waals surface area (Å²) in [5, 5.41) is 5.91. The number of hydrogen-bond acceptors (Lipinski definition) is 3. The Balaban J connectivity index is 0.00000161. The third-order valence-corrected chi connectivity index (χ3v) is 4.01. The first-order chi connectivity index (χ1) is 9.83. The van der Waals surface area contributed by atoms with Crippen LogP contribution in [0.3, 0.4) is 0 Å². The van der Waals surface area contributed by atoms with Gasteiger partial charge in [-0.15, -0.1) is 12.4 Å². The van der Waals surface area contributed by atoms with Gasteiger partial charge in [0.2, 0.25) is 0 Å². The number of nitrogens with zero attached hydrogens (tertiary/aromatic N) is 1. The molecule has 2 aromatic carbocycles. The van der Waals surface area contributed by atoms with E-state index in [9.17, 15) is 0 Å². The number of rotatable bonds is 4. The van der Waals surface area contributed by atoms with Gasteiger partial charge in [-0.3, -0.25) is 4.90 Å².